The van der Waals surface area contributed by atoms with Gasteiger partial charge in [-0.1, -0.05) is 36.4 Å². The maximum absolute atomic E-state index is 11.8. The number of fused-ring (bicyclic) bond motifs is 1. The van der Waals surface area contributed by atoms with Crippen molar-refractivity contribution < 1.29 is 9.90 Å². The summed E-state index contributed by atoms with van der Waals surface area (Å²) in [7, 11) is 0. The van der Waals surface area contributed by atoms with Crippen molar-refractivity contribution in [2.24, 2.45) is 0 Å². The van der Waals surface area contributed by atoms with Gasteiger partial charge in [-0.05, 0) is 62.3 Å². The molecule has 0 radical (unpaired) electrons. The van der Waals surface area contributed by atoms with Crippen LogP contribution in [-0.4, -0.2) is 53.2 Å². The molecule has 3 heterocycles. The first-order chi connectivity index (χ1) is 14.7. The molecule has 30 heavy (non-hydrogen) atoms. The number of likely N-dealkylation sites (tertiary alicyclic amines) is 1. The molecule has 160 valence electrons. The summed E-state index contributed by atoms with van der Waals surface area (Å²) in [6, 6.07) is 13.8. The van der Waals surface area contributed by atoms with E-state index in [4.69, 9.17) is 4.98 Å². The summed E-state index contributed by atoms with van der Waals surface area (Å²) in [5, 5.41) is 16.8. The molecule has 1 saturated heterocycles. The third kappa shape index (κ3) is 5.18. The Morgan fingerprint density at radius 2 is 2.10 bits per heavy atom. The van der Waals surface area contributed by atoms with Crippen LogP contribution in [0.1, 0.15) is 48.5 Å². The Labute approximate surface area is 178 Å². The molecular formula is C24H32N4O2. The van der Waals surface area contributed by atoms with Crippen LogP contribution in [0.3, 0.4) is 0 Å². The predicted molar refractivity (Wildman–Crippen MR) is 119 cm³/mol. The van der Waals surface area contributed by atoms with Crippen LogP contribution in [0, 0.1) is 0 Å². The third-order valence-corrected chi connectivity index (χ3v) is 6.18. The number of nitrogens with one attached hydrogen (secondary N) is 2. The largest absolute Gasteiger partial charge is 0.480 e. The molecule has 2 aliphatic rings. The molecule has 1 aromatic carbocycles. The number of carboxylic acids is 1. The number of aryl methyl sites for hydroxylation is 2. The molecule has 0 saturated carbocycles. The number of aromatic nitrogens is 1. The van der Waals surface area contributed by atoms with E-state index in [-0.39, 0.29) is 0 Å². The van der Waals surface area contributed by atoms with Crippen molar-refractivity contribution in [2.75, 3.05) is 31.5 Å². The molecule has 6 nitrogen and oxygen atoms in total. The molecule has 0 bridgehead atoms. The zero-order chi connectivity index (χ0) is 20.8. The molecule has 1 aromatic heterocycles. The van der Waals surface area contributed by atoms with Crippen LogP contribution in [0.4, 0.5) is 5.82 Å². The summed E-state index contributed by atoms with van der Waals surface area (Å²) in [4.78, 5) is 18.7. The topological polar surface area (TPSA) is 77.5 Å². The van der Waals surface area contributed by atoms with Crippen molar-refractivity contribution in [2.45, 2.75) is 50.6 Å². The SMILES string of the molecule is O=C(O)C(c1ccccc1)N1CCC(NCCCCc2ccc3c(n2)NCCC3)C1. The van der Waals surface area contributed by atoms with Gasteiger partial charge in [0.1, 0.15) is 11.9 Å². The van der Waals surface area contributed by atoms with Gasteiger partial charge >= 0.3 is 5.97 Å². The summed E-state index contributed by atoms with van der Waals surface area (Å²) in [6.07, 6.45) is 6.53. The molecule has 3 N–H and O–H groups in total. The smallest absolute Gasteiger partial charge is 0.325 e. The zero-order valence-electron chi connectivity index (χ0n) is 17.5. The Bertz CT molecular complexity index is 842. The van der Waals surface area contributed by atoms with Crippen LogP contribution in [0.5, 0.6) is 0 Å². The van der Waals surface area contributed by atoms with Gasteiger partial charge in [0.2, 0.25) is 0 Å². The number of pyridine rings is 1. The Hall–Kier alpha value is -2.44. The number of aliphatic carboxylic acids is 1. The first kappa shape index (κ1) is 20.8. The highest BCUT2D eigenvalue weighted by atomic mass is 16.4. The summed E-state index contributed by atoms with van der Waals surface area (Å²) in [5.41, 5.74) is 3.37. The lowest BCUT2D eigenvalue weighted by molar-refractivity contribution is -0.143. The first-order valence-corrected chi connectivity index (χ1v) is 11.2. The lowest BCUT2D eigenvalue weighted by Gasteiger charge is -2.24. The number of hydrogen-bond donors (Lipinski definition) is 3. The van der Waals surface area contributed by atoms with Crippen LogP contribution in [0.25, 0.3) is 0 Å². The fourth-order valence-corrected chi connectivity index (χ4v) is 4.58. The maximum atomic E-state index is 11.8. The molecule has 1 fully saturated rings. The van der Waals surface area contributed by atoms with Gasteiger partial charge in [0.05, 0.1) is 0 Å². The van der Waals surface area contributed by atoms with Crippen LogP contribution in [-0.2, 0) is 17.6 Å². The molecule has 2 aromatic rings. The molecule has 2 unspecified atom stereocenters. The maximum Gasteiger partial charge on any atom is 0.325 e. The van der Waals surface area contributed by atoms with Gasteiger partial charge in [-0.15, -0.1) is 0 Å². The fraction of sp³-hybridized carbons (Fsp3) is 0.500. The highest BCUT2D eigenvalue weighted by molar-refractivity contribution is 5.75. The van der Waals surface area contributed by atoms with Gasteiger partial charge in [0, 0.05) is 31.4 Å². The molecule has 4 rings (SSSR count). The average molecular weight is 409 g/mol. The van der Waals surface area contributed by atoms with Crippen molar-refractivity contribution >= 4 is 11.8 Å². The summed E-state index contributed by atoms with van der Waals surface area (Å²) >= 11 is 0. The second kappa shape index (κ2) is 10.0. The molecule has 6 heteroatoms. The molecular weight excluding hydrogens is 376 g/mol. The van der Waals surface area contributed by atoms with E-state index in [0.717, 1.165) is 69.7 Å². The first-order valence-electron chi connectivity index (χ1n) is 11.2. The number of benzene rings is 1. The van der Waals surface area contributed by atoms with Crippen molar-refractivity contribution in [1.29, 1.82) is 0 Å². The molecule has 0 amide bonds. The number of anilines is 1. The monoisotopic (exact) mass is 408 g/mol. The predicted octanol–water partition coefficient (Wildman–Crippen LogP) is 3.25. The van der Waals surface area contributed by atoms with Gasteiger partial charge in [-0.25, -0.2) is 4.98 Å². The van der Waals surface area contributed by atoms with E-state index in [2.05, 4.69) is 27.7 Å². The van der Waals surface area contributed by atoms with Crippen LogP contribution >= 0.6 is 0 Å². The summed E-state index contributed by atoms with van der Waals surface area (Å²) in [6.45, 7) is 3.59. The van der Waals surface area contributed by atoms with Crippen LogP contribution < -0.4 is 10.6 Å². The van der Waals surface area contributed by atoms with Crippen molar-refractivity contribution in [3.05, 3.63) is 59.3 Å². The van der Waals surface area contributed by atoms with E-state index < -0.39 is 12.0 Å². The van der Waals surface area contributed by atoms with Crippen LogP contribution in [0.2, 0.25) is 0 Å². The zero-order valence-corrected chi connectivity index (χ0v) is 17.5. The lowest BCUT2D eigenvalue weighted by atomic mass is 10.1. The fourth-order valence-electron chi connectivity index (χ4n) is 4.58. The van der Waals surface area contributed by atoms with E-state index in [9.17, 15) is 9.90 Å². The minimum atomic E-state index is -0.770. The number of rotatable bonds is 9. The van der Waals surface area contributed by atoms with Crippen molar-refractivity contribution in [1.82, 2.24) is 15.2 Å². The van der Waals surface area contributed by atoms with E-state index in [1.165, 1.54) is 17.7 Å². The van der Waals surface area contributed by atoms with Crippen LogP contribution in [0.15, 0.2) is 42.5 Å². The molecule has 0 spiro atoms. The summed E-state index contributed by atoms with van der Waals surface area (Å²) in [5.74, 6) is 0.309. The van der Waals surface area contributed by atoms with E-state index in [1.807, 2.05) is 30.3 Å². The quantitative estimate of drug-likeness (QED) is 0.553. The minimum absolute atomic E-state index is 0.363. The number of nitrogens with zero attached hydrogens (tertiary/aromatic N) is 2. The Balaban J connectivity index is 1.19. The summed E-state index contributed by atoms with van der Waals surface area (Å²) < 4.78 is 0. The highest BCUT2D eigenvalue weighted by Gasteiger charge is 2.33. The van der Waals surface area contributed by atoms with Crippen molar-refractivity contribution in [3.63, 3.8) is 0 Å². The molecule has 2 aliphatic heterocycles. The van der Waals surface area contributed by atoms with Gasteiger partial charge < -0.3 is 15.7 Å². The van der Waals surface area contributed by atoms with Gasteiger partial charge in [0.15, 0.2) is 0 Å². The lowest BCUT2D eigenvalue weighted by Crippen LogP contribution is -2.37. The number of carboxylic acid groups (broad SMARTS) is 1. The Kier molecular flexibility index (Phi) is 6.97. The van der Waals surface area contributed by atoms with E-state index >= 15 is 0 Å². The number of unbranched alkanes of at least 4 members (excludes halogenated alkanes) is 1. The number of carbonyl (C=O) groups is 1. The standard InChI is InChI=1S/C24H32N4O2/c29-24(30)22(18-7-2-1-3-8-18)28-16-13-21(17-28)25-14-5-4-10-20-12-11-19-9-6-15-26-23(19)27-20/h1-3,7-8,11-12,21-22,25H,4-6,9-10,13-17H2,(H,26,27)(H,29,30). The molecule has 0 aliphatic carbocycles. The molecule has 2 atom stereocenters. The van der Waals surface area contributed by atoms with Crippen molar-refractivity contribution in [3.8, 4) is 0 Å². The Morgan fingerprint density at radius 1 is 1.23 bits per heavy atom. The average Bonchev–Trinajstić information content (AvgIpc) is 3.22. The van der Waals surface area contributed by atoms with Gasteiger partial charge in [-0.2, -0.15) is 0 Å². The van der Waals surface area contributed by atoms with Gasteiger partial charge in [-0.3, -0.25) is 9.69 Å². The second-order valence-corrected chi connectivity index (χ2v) is 8.38. The van der Waals surface area contributed by atoms with Gasteiger partial charge in [0.25, 0.3) is 0 Å². The number of hydrogen-bond acceptors (Lipinski definition) is 5. The third-order valence-electron chi connectivity index (χ3n) is 6.18. The second-order valence-electron chi connectivity index (χ2n) is 8.38. The Morgan fingerprint density at radius 3 is 2.93 bits per heavy atom. The minimum Gasteiger partial charge on any atom is -0.480 e. The highest BCUT2D eigenvalue weighted by Crippen LogP contribution is 2.25. The van der Waals surface area contributed by atoms with E-state index in [1.54, 1.807) is 0 Å². The van der Waals surface area contributed by atoms with E-state index in [0.29, 0.717) is 6.04 Å². The normalized spacial score (nSPS) is 19.8.